The second-order valence-electron chi connectivity index (χ2n) is 11.0. The van der Waals surface area contributed by atoms with Gasteiger partial charge in [-0.2, -0.15) is 4.31 Å². The molecule has 0 spiro atoms. The van der Waals surface area contributed by atoms with Gasteiger partial charge in [0.25, 0.3) is 5.91 Å². The zero-order valence-electron chi connectivity index (χ0n) is 25.0. The van der Waals surface area contributed by atoms with E-state index in [0.29, 0.717) is 43.5 Å². The first-order valence-corrected chi connectivity index (χ1v) is 17.2. The maximum absolute atomic E-state index is 13.5. The van der Waals surface area contributed by atoms with Gasteiger partial charge in [-0.05, 0) is 81.4 Å². The van der Waals surface area contributed by atoms with Gasteiger partial charge in [-0.3, -0.25) is 9.69 Å². The Hall–Kier alpha value is -3.50. The number of anilines is 1. The molecule has 0 aliphatic carbocycles. The third kappa shape index (κ3) is 7.58. The Morgan fingerprint density at radius 1 is 0.841 bits per heavy atom. The summed E-state index contributed by atoms with van der Waals surface area (Å²) in [6, 6.07) is 32.9. The molecule has 1 saturated heterocycles. The molecule has 0 aromatic heterocycles. The molecule has 1 amide bonds. The van der Waals surface area contributed by atoms with Crippen molar-refractivity contribution in [3.05, 3.63) is 124 Å². The van der Waals surface area contributed by atoms with Crippen molar-refractivity contribution in [2.45, 2.75) is 37.1 Å². The summed E-state index contributed by atoms with van der Waals surface area (Å²) < 4.78 is 35.1. The van der Waals surface area contributed by atoms with Crippen molar-refractivity contribution in [1.29, 1.82) is 0 Å². The van der Waals surface area contributed by atoms with Crippen LogP contribution in [0.2, 0.25) is 0 Å². The van der Waals surface area contributed by atoms with Gasteiger partial charge in [0.1, 0.15) is 5.75 Å². The van der Waals surface area contributed by atoms with Gasteiger partial charge in [0.2, 0.25) is 10.0 Å². The number of carbonyl (C=O) groups excluding carboxylic acids is 1. The number of nitrogens with zero attached hydrogens (tertiary/aromatic N) is 2. The van der Waals surface area contributed by atoms with E-state index in [4.69, 9.17) is 4.74 Å². The second-order valence-corrected chi connectivity index (χ2v) is 13.8. The highest BCUT2D eigenvalue weighted by Crippen LogP contribution is 2.32. The predicted octanol–water partition coefficient (Wildman–Crippen LogP) is 7.08. The minimum absolute atomic E-state index is 0.0550. The molecule has 7 nitrogen and oxygen atoms in total. The van der Waals surface area contributed by atoms with E-state index in [-0.39, 0.29) is 23.5 Å². The van der Waals surface area contributed by atoms with E-state index in [1.54, 1.807) is 28.6 Å². The smallest absolute Gasteiger partial charge is 0.262 e. The van der Waals surface area contributed by atoms with Crippen molar-refractivity contribution >= 4 is 37.5 Å². The monoisotopic (exact) mass is 675 g/mol. The van der Waals surface area contributed by atoms with Gasteiger partial charge in [-0.25, -0.2) is 8.42 Å². The highest BCUT2D eigenvalue weighted by Gasteiger charge is 2.32. The number of nitrogens with one attached hydrogen (secondary N) is 1. The molecule has 1 heterocycles. The lowest BCUT2D eigenvalue weighted by Crippen LogP contribution is -2.49. The van der Waals surface area contributed by atoms with Gasteiger partial charge in [0, 0.05) is 31.9 Å². The van der Waals surface area contributed by atoms with Crippen molar-refractivity contribution in [2.24, 2.45) is 0 Å². The number of rotatable bonds is 11. The number of amides is 1. The predicted molar refractivity (Wildman–Crippen MR) is 178 cm³/mol. The highest BCUT2D eigenvalue weighted by molar-refractivity contribution is 9.10. The number of ether oxygens (including phenoxy) is 1. The molecule has 0 saturated carbocycles. The fraction of sp³-hybridized carbons (Fsp3) is 0.286. The zero-order chi connectivity index (χ0) is 31.1. The fourth-order valence-electron chi connectivity index (χ4n) is 5.46. The summed E-state index contributed by atoms with van der Waals surface area (Å²) in [6.45, 7) is 6.14. The van der Waals surface area contributed by atoms with Gasteiger partial charge >= 0.3 is 0 Å². The minimum Gasteiger partial charge on any atom is -0.483 e. The molecule has 1 aliphatic rings. The van der Waals surface area contributed by atoms with Gasteiger partial charge in [0.05, 0.1) is 15.4 Å². The number of carbonyl (C=O) groups is 1. The van der Waals surface area contributed by atoms with E-state index in [2.05, 4.69) is 64.3 Å². The standard InChI is InChI=1S/C35H38BrN3O4S/c1-3-26(2)29-14-19-33(32(36)24-29)43-25-34(40)37-30-15-17-31(18-16-30)44(41,42)39-22-20-38(21-23-39)35(27-10-6-4-7-11-27)28-12-8-5-9-13-28/h4-19,24,26,35H,3,20-23,25H2,1-2H3,(H,37,40). The molecule has 0 bridgehead atoms. The van der Waals surface area contributed by atoms with Crippen molar-refractivity contribution in [3.63, 3.8) is 0 Å². The van der Waals surface area contributed by atoms with Crippen LogP contribution < -0.4 is 10.1 Å². The van der Waals surface area contributed by atoms with Gasteiger partial charge in [-0.1, -0.05) is 80.6 Å². The van der Waals surface area contributed by atoms with Crippen LogP contribution in [0.15, 0.2) is 112 Å². The molecule has 230 valence electrons. The van der Waals surface area contributed by atoms with Crippen molar-refractivity contribution in [1.82, 2.24) is 9.21 Å². The Kier molecular flexibility index (Phi) is 10.5. The molecule has 1 N–H and O–H groups in total. The molecule has 1 aliphatic heterocycles. The summed E-state index contributed by atoms with van der Waals surface area (Å²) in [5.74, 6) is 0.695. The third-order valence-corrected chi connectivity index (χ3v) is 10.7. The average molecular weight is 677 g/mol. The van der Waals surface area contributed by atoms with Crippen LogP contribution in [0.25, 0.3) is 0 Å². The van der Waals surface area contributed by atoms with Crippen LogP contribution in [0, 0.1) is 0 Å². The number of piperazine rings is 1. The molecule has 5 rings (SSSR count). The Morgan fingerprint density at radius 3 is 1.98 bits per heavy atom. The van der Waals surface area contributed by atoms with Crippen LogP contribution in [0.3, 0.4) is 0 Å². The van der Waals surface area contributed by atoms with Crippen LogP contribution in [-0.2, 0) is 14.8 Å². The Bertz CT molecular complexity index is 1600. The lowest BCUT2D eigenvalue weighted by Gasteiger charge is -2.39. The minimum atomic E-state index is -3.68. The van der Waals surface area contributed by atoms with Crippen molar-refractivity contribution in [2.75, 3.05) is 38.1 Å². The third-order valence-electron chi connectivity index (χ3n) is 8.14. The molecule has 0 radical (unpaired) electrons. The summed E-state index contributed by atoms with van der Waals surface area (Å²) in [5.41, 5.74) is 4.08. The van der Waals surface area contributed by atoms with Crippen LogP contribution in [-0.4, -0.2) is 56.3 Å². The molecular formula is C35H38BrN3O4S. The molecule has 1 unspecified atom stereocenters. The zero-order valence-corrected chi connectivity index (χ0v) is 27.4. The molecule has 1 fully saturated rings. The largest absolute Gasteiger partial charge is 0.483 e. The first-order valence-electron chi connectivity index (χ1n) is 14.9. The van der Waals surface area contributed by atoms with Crippen LogP contribution in [0.4, 0.5) is 5.69 Å². The molecule has 44 heavy (non-hydrogen) atoms. The van der Waals surface area contributed by atoms with E-state index in [1.807, 2.05) is 54.6 Å². The summed E-state index contributed by atoms with van der Waals surface area (Å²) in [4.78, 5) is 15.1. The summed E-state index contributed by atoms with van der Waals surface area (Å²) >= 11 is 3.53. The average Bonchev–Trinajstić information content (AvgIpc) is 3.05. The van der Waals surface area contributed by atoms with Gasteiger partial charge in [-0.15, -0.1) is 0 Å². The molecule has 1 atom stereocenters. The second kappa shape index (κ2) is 14.5. The Labute approximate surface area is 269 Å². The summed E-state index contributed by atoms with van der Waals surface area (Å²) in [7, 11) is -3.68. The number of halogens is 1. The number of hydrogen-bond acceptors (Lipinski definition) is 5. The maximum atomic E-state index is 13.5. The fourth-order valence-corrected chi connectivity index (χ4v) is 7.40. The molecule has 4 aromatic rings. The molecule has 9 heteroatoms. The SMILES string of the molecule is CCC(C)c1ccc(OCC(=O)Nc2ccc(S(=O)(=O)N3CCN(C(c4ccccc4)c4ccccc4)CC3)cc2)c(Br)c1. The first-order chi connectivity index (χ1) is 21.3. The van der Waals surface area contributed by atoms with Gasteiger partial charge in [0.15, 0.2) is 6.61 Å². The molecule has 4 aromatic carbocycles. The number of sulfonamides is 1. The summed E-state index contributed by atoms with van der Waals surface area (Å²) in [5, 5.41) is 2.78. The quantitative estimate of drug-likeness (QED) is 0.184. The normalized spacial score (nSPS) is 15.2. The van der Waals surface area contributed by atoms with Crippen molar-refractivity contribution < 1.29 is 17.9 Å². The van der Waals surface area contributed by atoms with E-state index in [1.165, 1.54) is 16.7 Å². The summed E-state index contributed by atoms with van der Waals surface area (Å²) in [6.07, 6.45) is 1.04. The van der Waals surface area contributed by atoms with E-state index in [9.17, 15) is 13.2 Å². The van der Waals surface area contributed by atoms with Crippen LogP contribution in [0.1, 0.15) is 48.9 Å². The van der Waals surface area contributed by atoms with Crippen LogP contribution >= 0.6 is 15.9 Å². The topological polar surface area (TPSA) is 78.9 Å². The van der Waals surface area contributed by atoms with E-state index in [0.717, 1.165) is 10.9 Å². The van der Waals surface area contributed by atoms with Crippen LogP contribution in [0.5, 0.6) is 5.75 Å². The lowest BCUT2D eigenvalue weighted by molar-refractivity contribution is -0.118. The van der Waals surface area contributed by atoms with Crippen molar-refractivity contribution in [3.8, 4) is 5.75 Å². The number of benzene rings is 4. The van der Waals surface area contributed by atoms with E-state index >= 15 is 0 Å². The number of hydrogen-bond donors (Lipinski definition) is 1. The first kappa shape index (κ1) is 31.9. The van der Waals surface area contributed by atoms with Gasteiger partial charge < -0.3 is 10.1 Å². The van der Waals surface area contributed by atoms with E-state index < -0.39 is 10.0 Å². The Balaban J connectivity index is 1.17. The highest BCUT2D eigenvalue weighted by atomic mass is 79.9. The molecular weight excluding hydrogens is 638 g/mol. The maximum Gasteiger partial charge on any atom is 0.262 e. The Morgan fingerprint density at radius 2 is 1.43 bits per heavy atom. The lowest BCUT2D eigenvalue weighted by atomic mass is 9.96.